The highest BCUT2D eigenvalue weighted by Gasteiger charge is 2.36. The van der Waals surface area contributed by atoms with Gasteiger partial charge in [0, 0.05) is 25.1 Å². The lowest BCUT2D eigenvalue weighted by Gasteiger charge is -2.40. The van der Waals surface area contributed by atoms with Crippen LogP contribution < -0.4 is 5.32 Å². The zero-order valence-corrected chi connectivity index (χ0v) is 14.0. The first-order valence-corrected chi connectivity index (χ1v) is 8.12. The minimum Gasteiger partial charge on any atom is -0.388 e. The van der Waals surface area contributed by atoms with E-state index < -0.39 is 5.60 Å². The number of anilines is 1. The number of nitrogens with one attached hydrogen (secondary N) is 1. The standard InChI is InChI=1S/C15H21BrN4O/c1-14(2)3-5-15(21,6-4-14)10-18-12-13-17-7-8-20(13)9-11(16)19-12/h7-9,21H,3-6,10H2,1-2H3,(H,18,19). The molecule has 2 aromatic rings. The summed E-state index contributed by atoms with van der Waals surface area (Å²) in [5.74, 6) is 0.702. The van der Waals surface area contributed by atoms with E-state index in [-0.39, 0.29) is 0 Å². The van der Waals surface area contributed by atoms with Crippen LogP contribution in [0.2, 0.25) is 0 Å². The fourth-order valence-corrected chi connectivity index (χ4v) is 3.23. The lowest BCUT2D eigenvalue weighted by atomic mass is 9.71. The molecule has 0 spiro atoms. The number of halogens is 1. The van der Waals surface area contributed by atoms with Crippen molar-refractivity contribution in [1.29, 1.82) is 0 Å². The van der Waals surface area contributed by atoms with E-state index in [4.69, 9.17) is 0 Å². The molecule has 0 unspecified atom stereocenters. The van der Waals surface area contributed by atoms with Gasteiger partial charge < -0.3 is 14.8 Å². The fraction of sp³-hybridized carbons (Fsp3) is 0.600. The van der Waals surface area contributed by atoms with Gasteiger partial charge in [-0.05, 0) is 47.0 Å². The summed E-state index contributed by atoms with van der Waals surface area (Å²) in [5, 5.41) is 14.0. The average Bonchev–Trinajstić information content (AvgIpc) is 2.88. The Labute approximate surface area is 132 Å². The second kappa shape index (κ2) is 5.25. The van der Waals surface area contributed by atoms with Crippen LogP contribution in [0.4, 0.5) is 5.82 Å². The molecule has 2 heterocycles. The molecular weight excluding hydrogens is 332 g/mol. The van der Waals surface area contributed by atoms with Gasteiger partial charge in [0.25, 0.3) is 0 Å². The summed E-state index contributed by atoms with van der Waals surface area (Å²) >= 11 is 3.40. The summed E-state index contributed by atoms with van der Waals surface area (Å²) in [6.45, 7) is 5.04. The van der Waals surface area contributed by atoms with Crippen LogP contribution in [0.15, 0.2) is 23.2 Å². The van der Waals surface area contributed by atoms with Gasteiger partial charge in [-0.2, -0.15) is 0 Å². The Balaban J connectivity index is 1.73. The van der Waals surface area contributed by atoms with Crippen molar-refractivity contribution >= 4 is 27.4 Å². The number of hydrogen-bond donors (Lipinski definition) is 2. The number of aromatic nitrogens is 3. The maximum absolute atomic E-state index is 10.7. The molecule has 0 bridgehead atoms. The summed E-state index contributed by atoms with van der Waals surface area (Å²) in [6, 6.07) is 0. The Bertz CT molecular complexity index is 642. The van der Waals surface area contributed by atoms with Crippen molar-refractivity contribution in [3.8, 4) is 0 Å². The Morgan fingerprint density at radius 1 is 1.33 bits per heavy atom. The fourth-order valence-electron chi connectivity index (χ4n) is 2.84. The first-order valence-electron chi connectivity index (χ1n) is 7.32. The van der Waals surface area contributed by atoms with Gasteiger partial charge in [0.1, 0.15) is 4.60 Å². The minimum atomic E-state index is -0.650. The lowest BCUT2D eigenvalue weighted by molar-refractivity contribution is -0.0145. The molecule has 0 amide bonds. The van der Waals surface area contributed by atoms with Gasteiger partial charge in [0.15, 0.2) is 11.5 Å². The molecule has 2 N–H and O–H groups in total. The number of aliphatic hydroxyl groups is 1. The molecule has 1 aliphatic carbocycles. The van der Waals surface area contributed by atoms with Crippen LogP contribution >= 0.6 is 15.9 Å². The van der Waals surface area contributed by atoms with Gasteiger partial charge in [0.05, 0.1) is 5.60 Å². The van der Waals surface area contributed by atoms with Crippen molar-refractivity contribution in [2.45, 2.75) is 45.1 Å². The third-order valence-corrected chi connectivity index (χ3v) is 4.85. The van der Waals surface area contributed by atoms with Crippen LogP contribution in [0.25, 0.3) is 5.65 Å². The summed E-state index contributed by atoms with van der Waals surface area (Å²) in [7, 11) is 0. The zero-order valence-electron chi connectivity index (χ0n) is 12.4. The van der Waals surface area contributed by atoms with E-state index in [0.717, 1.165) is 35.9 Å². The van der Waals surface area contributed by atoms with E-state index in [1.54, 1.807) is 6.20 Å². The Hall–Kier alpha value is -1.14. The molecular formula is C15H21BrN4O. The highest BCUT2D eigenvalue weighted by atomic mass is 79.9. The smallest absolute Gasteiger partial charge is 0.180 e. The van der Waals surface area contributed by atoms with E-state index in [0.29, 0.717) is 17.8 Å². The number of rotatable bonds is 3. The van der Waals surface area contributed by atoms with Crippen molar-refractivity contribution in [2.75, 3.05) is 11.9 Å². The van der Waals surface area contributed by atoms with E-state index in [9.17, 15) is 5.11 Å². The van der Waals surface area contributed by atoms with Gasteiger partial charge in [0.2, 0.25) is 0 Å². The van der Waals surface area contributed by atoms with Crippen molar-refractivity contribution < 1.29 is 5.11 Å². The molecule has 3 rings (SSSR count). The normalized spacial score (nSPS) is 20.6. The van der Waals surface area contributed by atoms with Gasteiger partial charge in [-0.15, -0.1) is 0 Å². The first kappa shape index (κ1) is 14.8. The molecule has 0 radical (unpaired) electrons. The number of hydrogen-bond acceptors (Lipinski definition) is 4. The Kier molecular flexibility index (Phi) is 3.69. The second-order valence-corrected chi connectivity index (χ2v) is 7.62. The Morgan fingerprint density at radius 2 is 2.05 bits per heavy atom. The number of imidazole rings is 1. The van der Waals surface area contributed by atoms with Crippen molar-refractivity contribution in [3.63, 3.8) is 0 Å². The molecule has 0 atom stereocenters. The van der Waals surface area contributed by atoms with Crippen LogP contribution in [0.3, 0.4) is 0 Å². The molecule has 114 valence electrons. The van der Waals surface area contributed by atoms with Crippen LogP contribution in [-0.4, -0.2) is 31.6 Å². The number of fused-ring (bicyclic) bond motifs is 1. The maximum Gasteiger partial charge on any atom is 0.180 e. The summed E-state index contributed by atoms with van der Waals surface area (Å²) in [4.78, 5) is 8.73. The molecule has 0 saturated heterocycles. The zero-order chi connectivity index (χ0) is 15.1. The molecule has 1 aliphatic rings. The number of nitrogens with zero attached hydrogens (tertiary/aromatic N) is 3. The van der Waals surface area contributed by atoms with Crippen molar-refractivity contribution in [2.24, 2.45) is 5.41 Å². The van der Waals surface area contributed by atoms with E-state index >= 15 is 0 Å². The van der Waals surface area contributed by atoms with Crippen LogP contribution in [0, 0.1) is 5.41 Å². The van der Waals surface area contributed by atoms with Gasteiger partial charge in [-0.25, -0.2) is 9.97 Å². The lowest BCUT2D eigenvalue weighted by Crippen LogP contribution is -2.42. The molecule has 2 aromatic heterocycles. The monoisotopic (exact) mass is 352 g/mol. The molecule has 0 aromatic carbocycles. The summed E-state index contributed by atoms with van der Waals surface area (Å²) < 4.78 is 2.65. The van der Waals surface area contributed by atoms with Crippen LogP contribution in [0.5, 0.6) is 0 Å². The Morgan fingerprint density at radius 3 is 2.76 bits per heavy atom. The highest BCUT2D eigenvalue weighted by molar-refractivity contribution is 9.10. The average molecular weight is 353 g/mol. The SMILES string of the molecule is CC1(C)CCC(O)(CNc2nc(Br)cn3ccnc23)CC1. The highest BCUT2D eigenvalue weighted by Crippen LogP contribution is 2.40. The van der Waals surface area contributed by atoms with E-state index in [1.807, 2.05) is 16.8 Å². The molecule has 1 fully saturated rings. The van der Waals surface area contributed by atoms with Crippen LogP contribution in [-0.2, 0) is 0 Å². The summed E-state index contributed by atoms with van der Waals surface area (Å²) in [5.41, 5.74) is 0.470. The predicted molar refractivity (Wildman–Crippen MR) is 86.4 cm³/mol. The minimum absolute atomic E-state index is 0.344. The molecule has 21 heavy (non-hydrogen) atoms. The second-order valence-electron chi connectivity index (χ2n) is 6.81. The molecule has 6 heteroatoms. The first-order chi connectivity index (χ1) is 9.87. The maximum atomic E-state index is 10.7. The topological polar surface area (TPSA) is 62.5 Å². The van der Waals surface area contributed by atoms with E-state index in [1.165, 1.54) is 0 Å². The molecule has 0 aliphatic heterocycles. The molecule has 1 saturated carbocycles. The van der Waals surface area contributed by atoms with Crippen molar-refractivity contribution in [1.82, 2.24) is 14.4 Å². The summed E-state index contributed by atoms with van der Waals surface area (Å²) in [6.07, 6.45) is 9.24. The quantitative estimate of drug-likeness (QED) is 0.889. The van der Waals surface area contributed by atoms with Crippen LogP contribution in [0.1, 0.15) is 39.5 Å². The third-order valence-electron chi connectivity index (χ3n) is 4.46. The predicted octanol–water partition coefficient (Wildman–Crippen LogP) is 3.24. The van der Waals surface area contributed by atoms with Gasteiger partial charge in [-0.1, -0.05) is 13.8 Å². The molecule has 5 nitrogen and oxygen atoms in total. The van der Waals surface area contributed by atoms with Gasteiger partial charge >= 0.3 is 0 Å². The van der Waals surface area contributed by atoms with Crippen molar-refractivity contribution in [3.05, 3.63) is 23.2 Å². The van der Waals surface area contributed by atoms with E-state index in [2.05, 4.69) is 45.1 Å². The van der Waals surface area contributed by atoms with Gasteiger partial charge in [-0.3, -0.25) is 0 Å². The third kappa shape index (κ3) is 3.21. The largest absolute Gasteiger partial charge is 0.388 e.